The van der Waals surface area contributed by atoms with Crippen molar-refractivity contribution in [1.82, 2.24) is 10.0 Å². The van der Waals surface area contributed by atoms with Gasteiger partial charge in [-0.1, -0.05) is 31.4 Å². The first-order valence-corrected chi connectivity index (χ1v) is 10.6. The Balaban J connectivity index is 1.86. The summed E-state index contributed by atoms with van der Waals surface area (Å²) >= 11 is 0. The molecule has 1 aromatic rings. The molecular formula is C19H30N2O3S. The van der Waals surface area contributed by atoms with E-state index < -0.39 is 15.6 Å². The number of amides is 1. The maximum absolute atomic E-state index is 12.3. The van der Waals surface area contributed by atoms with E-state index in [0.29, 0.717) is 18.9 Å². The Morgan fingerprint density at radius 2 is 1.68 bits per heavy atom. The molecule has 0 spiro atoms. The highest BCUT2D eigenvalue weighted by atomic mass is 32.2. The average Bonchev–Trinajstić information content (AvgIpc) is 2.52. The van der Waals surface area contributed by atoms with E-state index in [2.05, 4.69) is 10.0 Å². The van der Waals surface area contributed by atoms with Gasteiger partial charge in [0.1, 0.15) is 0 Å². The molecule has 0 heterocycles. The zero-order chi connectivity index (χ0) is 18.5. The van der Waals surface area contributed by atoms with E-state index >= 15 is 0 Å². The highest BCUT2D eigenvalue weighted by molar-refractivity contribution is 7.89. The lowest BCUT2D eigenvalue weighted by Gasteiger charge is -2.22. The van der Waals surface area contributed by atoms with Crippen LogP contribution in [0.15, 0.2) is 29.2 Å². The number of sulfonamides is 1. The summed E-state index contributed by atoms with van der Waals surface area (Å²) in [5.41, 5.74) is 0.447. The fourth-order valence-corrected chi connectivity index (χ4v) is 4.52. The molecule has 140 valence electrons. The van der Waals surface area contributed by atoms with Crippen molar-refractivity contribution in [2.24, 2.45) is 0 Å². The molecule has 2 rings (SSSR count). The molecule has 0 saturated heterocycles. The van der Waals surface area contributed by atoms with Crippen molar-refractivity contribution in [3.05, 3.63) is 29.8 Å². The van der Waals surface area contributed by atoms with E-state index in [1.807, 2.05) is 20.8 Å². The van der Waals surface area contributed by atoms with E-state index in [1.165, 1.54) is 19.3 Å². The average molecular weight is 367 g/mol. The molecule has 1 aliphatic rings. The van der Waals surface area contributed by atoms with Crippen LogP contribution in [-0.4, -0.2) is 25.9 Å². The quantitative estimate of drug-likeness (QED) is 0.812. The molecule has 0 aliphatic heterocycles. The van der Waals surface area contributed by atoms with E-state index in [0.717, 1.165) is 18.4 Å². The van der Waals surface area contributed by atoms with Crippen LogP contribution in [0.1, 0.15) is 64.9 Å². The van der Waals surface area contributed by atoms with Gasteiger partial charge in [0.15, 0.2) is 0 Å². The summed E-state index contributed by atoms with van der Waals surface area (Å²) in [7, 11) is -3.51. The SMILES string of the molecule is CC(C)(C)NS(=O)(=O)c1ccc(CCC(=O)NC2CCCCC2)cc1. The summed E-state index contributed by atoms with van der Waals surface area (Å²) in [6.07, 6.45) is 6.88. The lowest BCUT2D eigenvalue weighted by molar-refractivity contribution is -0.121. The van der Waals surface area contributed by atoms with Crippen LogP contribution in [0, 0.1) is 0 Å². The summed E-state index contributed by atoms with van der Waals surface area (Å²) < 4.78 is 27.2. The van der Waals surface area contributed by atoms with Crippen molar-refractivity contribution in [3.8, 4) is 0 Å². The summed E-state index contributed by atoms with van der Waals surface area (Å²) in [5.74, 6) is 0.0815. The number of aryl methyl sites for hydroxylation is 1. The first kappa shape index (κ1) is 19.9. The minimum atomic E-state index is -3.51. The number of hydrogen-bond donors (Lipinski definition) is 2. The third kappa shape index (κ3) is 6.78. The van der Waals surface area contributed by atoms with Crippen LogP contribution in [0.2, 0.25) is 0 Å². The van der Waals surface area contributed by atoms with Crippen LogP contribution in [0.5, 0.6) is 0 Å². The van der Waals surface area contributed by atoms with Crippen LogP contribution in [0.3, 0.4) is 0 Å². The maximum Gasteiger partial charge on any atom is 0.241 e. The molecule has 0 atom stereocenters. The van der Waals surface area contributed by atoms with E-state index in [-0.39, 0.29) is 10.8 Å². The van der Waals surface area contributed by atoms with Gasteiger partial charge in [-0.05, 0) is 57.7 Å². The Labute approximate surface area is 151 Å². The lowest BCUT2D eigenvalue weighted by atomic mass is 9.95. The van der Waals surface area contributed by atoms with Crippen molar-refractivity contribution in [2.45, 2.75) is 82.2 Å². The van der Waals surface area contributed by atoms with Gasteiger partial charge in [0.25, 0.3) is 0 Å². The van der Waals surface area contributed by atoms with Crippen LogP contribution in [-0.2, 0) is 21.2 Å². The third-order valence-electron chi connectivity index (χ3n) is 4.29. The van der Waals surface area contributed by atoms with Crippen LogP contribution >= 0.6 is 0 Å². The minimum Gasteiger partial charge on any atom is -0.353 e. The Kier molecular flexibility index (Phi) is 6.63. The summed E-state index contributed by atoms with van der Waals surface area (Å²) in [6, 6.07) is 7.10. The number of carbonyl (C=O) groups is 1. The van der Waals surface area contributed by atoms with Gasteiger partial charge in [0.05, 0.1) is 4.90 Å². The van der Waals surface area contributed by atoms with Crippen molar-refractivity contribution >= 4 is 15.9 Å². The van der Waals surface area contributed by atoms with Crippen molar-refractivity contribution in [1.29, 1.82) is 0 Å². The van der Waals surface area contributed by atoms with E-state index in [1.54, 1.807) is 24.3 Å². The zero-order valence-corrected chi connectivity index (χ0v) is 16.3. The molecule has 2 N–H and O–H groups in total. The van der Waals surface area contributed by atoms with Gasteiger partial charge in [0.2, 0.25) is 15.9 Å². The molecule has 5 nitrogen and oxygen atoms in total. The maximum atomic E-state index is 12.3. The number of hydrogen-bond acceptors (Lipinski definition) is 3. The summed E-state index contributed by atoms with van der Waals surface area (Å²) in [4.78, 5) is 12.3. The van der Waals surface area contributed by atoms with Gasteiger partial charge >= 0.3 is 0 Å². The number of nitrogens with one attached hydrogen (secondary N) is 2. The zero-order valence-electron chi connectivity index (χ0n) is 15.5. The number of carbonyl (C=O) groups excluding carboxylic acids is 1. The van der Waals surface area contributed by atoms with Crippen molar-refractivity contribution in [3.63, 3.8) is 0 Å². The summed E-state index contributed by atoms with van der Waals surface area (Å²) in [5, 5.41) is 3.11. The van der Waals surface area contributed by atoms with Crippen molar-refractivity contribution in [2.75, 3.05) is 0 Å². The Morgan fingerprint density at radius 3 is 2.24 bits per heavy atom. The molecule has 0 unspecified atom stereocenters. The van der Waals surface area contributed by atoms with Crippen molar-refractivity contribution < 1.29 is 13.2 Å². The van der Waals surface area contributed by atoms with E-state index in [4.69, 9.17) is 0 Å². The van der Waals surface area contributed by atoms with Gasteiger partial charge in [-0.25, -0.2) is 13.1 Å². The molecule has 0 aromatic heterocycles. The van der Waals surface area contributed by atoms with Gasteiger partial charge in [0, 0.05) is 18.0 Å². The second-order valence-corrected chi connectivity index (χ2v) is 9.58. The Morgan fingerprint density at radius 1 is 1.08 bits per heavy atom. The molecule has 1 aromatic carbocycles. The lowest BCUT2D eigenvalue weighted by Crippen LogP contribution is -2.40. The smallest absolute Gasteiger partial charge is 0.241 e. The van der Waals surface area contributed by atoms with Crippen LogP contribution < -0.4 is 10.0 Å². The Hall–Kier alpha value is -1.40. The first-order valence-electron chi connectivity index (χ1n) is 9.08. The van der Waals surface area contributed by atoms with Crippen LogP contribution in [0.25, 0.3) is 0 Å². The van der Waals surface area contributed by atoms with E-state index in [9.17, 15) is 13.2 Å². The molecule has 1 saturated carbocycles. The standard InChI is InChI=1S/C19H30N2O3S/c1-19(2,3)21-25(23,24)17-12-9-15(10-13-17)11-14-18(22)20-16-7-5-4-6-8-16/h9-10,12-13,16,21H,4-8,11,14H2,1-3H3,(H,20,22). The second kappa shape index (κ2) is 8.32. The molecule has 0 bridgehead atoms. The topological polar surface area (TPSA) is 75.3 Å². The number of benzene rings is 1. The third-order valence-corrected chi connectivity index (χ3v) is 6.06. The largest absolute Gasteiger partial charge is 0.353 e. The number of rotatable bonds is 6. The fourth-order valence-electron chi connectivity index (χ4n) is 3.10. The normalized spacial score (nSPS) is 16.6. The molecule has 1 fully saturated rings. The van der Waals surface area contributed by atoms with Gasteiger partial charge < -0.3 is 5.32 Å². The predicted octanol–water partition coefficient (Wildman–Crippen LogP) is 3.14. The fraction of sp³-hybridized carbons (Fsp3) is 0.632. The first-order chi connectivity index (χ1) is 11.7. The highest BCUT2D eigenvalue weighted by Gasteiger charge is 2.21. The van der Waals surface area contributed by atoms with Gasteiger partial charge in [-0.2, -0.15) is 0 Å². The second-order valence-electron chi connectivity index (χ2n) is 7.90. The Bertz CT molecular complexity index is 670. The molecule has 1 aliphatic carbocycles. The van der Waals surface area contributed by atoms with Gasteiger partial charge in [-0.3, -0.25) is 4.79 Å². The minimum absolute atomic E-state index is 0.0815. The molecule has 25 heavy (non-hydrogen) atoms. The highest BCUT2D eigenvalue weighted by Crippen LogP contribution is 2.18. The molecule has 6 heteroatoms. The van der Waals surface area contributed by atoms with Crippen LogP contribution in [0.4, 0.5) is 0 Å². The predicted molar refractivity (Wildman–Crippen MR) is 99.9 cm³/mol. The molecule has 0 radical (unpaired) electrons. The summed E-state index contributed by atoms with van der Waals surface area (Å²) in [6.45, 7) is 5.43. The monoisotopic (exact) mass is 366 g/mol. The van der Waals surface area contributed by atoms with Gasteiger partial charge in [-0.15, -0.1) is 0 Å². The molecule has 1 amide bonds. The molecular weight excluding hydrogens is 336 g/mol.